The molecule has 0 radical (unpaired) electrons. The molecule has 1 fully saturated rings. The molecule has 0 saturated carbocycles. The number of carbonyl (C=O) groups excluding carboxylic acids is 1. The van der Waals surface area contributed by atoms with Crippen LogP contribution < -0.4 is 4.90 Å². The third-order valence-corrected chi connectivity index (χ3v) is 2.11. The summed E-state index contributed by atoms with van der Waals surface area (Å²) in [5.41, 5.74) is 0. The van der Waals surface area contributed by atoms with Gasteiger partial charge in [0.05, 0.1) is 12.8 Å². The van der Waals surface area contributed by atoms with E-state index in [2.05, 4.69) is 0 Å². The standard InChI is InChI=1S/C9H9NO5/c11-7-5-15-6(9(12)13)4-10(7)8-2-1-3-14-8/h1-3,6H,4-5H2,(H,12,13). The highest BCUT2D eigenvalue weighted by Crippen LogP contribution is 2.18. The first kappa shape index (κ1) is 9.72. The van der Waals surface area contributed by atoms with Crippen LogP contribution in [0, 0.1) is 0 Å². The van der Waals surface area contributed by atoms with Gasteiger partial charge in [-0.15, -0.1) is 0 Å². The number of amides is 1. The summed E-state index contributed by atoms with van der Waals surface area (Å²) in [5.74, 6) is -1.05. The van der Waals surface area contributed by atoms with E-state index in [-0.39, 0.29) is 19.1 Å². The van der Waals surface area contributed by atoms with Gasteiger partial charge in [0, 0.05) is 6.07 Å². The Labute approximate surface area is 85.0 Å². The van der Waals surface area contributed by atoms with Gasteiger partial charge in [0.15, 0.2) is 6.10 Å². The van der Waals surface area contributed by atoms with Crippen molar-refractivity contribution in [3.8, 4) is 0 Å². The van der Waals surface area contributed by atoms with Crippen LogP contribution in [-0.2, 0) is 14.3 Å². The second kappa shape index (κ2) is 3.74. The molecule has 6 heteroatoms. The third kappa shape index (κ3) is 1.84. The van der Waals surface area contributed by atoms with Crippen LogP contribution in [0.4, 0.5) is 5.88 Å². The molecular formula is C9H9NO5. The summed E-state index contributed by atoms with van der Waals surface area (Å²) in [6.45, 7) is -0.265. The highest BCUT2D eigenvalue weighted by molar-refractivity contribution is 5.95. The Bertz CT molecular complexity index is 372. The summed E-state index contributed by atoms with van der Waals surface area (Å²) in [7, 11) is 0. The highest BCUT2D eigenvalue weighted by atomic mass is 16.5. The summed E-state index contributed by atoms with van der Waals surface area (Å²) < 4.78 is 9.88. The molecule has 1 aliphatic heterocycles. The number of hydrogen-bond acceptors (Lipinski definition) is 4. The molecule has 80 valence electrons. The van der Waals surface area contributed by atoms with Crippen LogP contribution >= 0.6 is 0 Å². The van der Waals surface area contributed by atoms with Crippen molar-refractivity contribution < 1.29 is 23.8 Å². The van der Waals surface area contributed by atoms with Crippen LogP contribution in [0.15, 0.2) is 22.8 Å². The van der Waals surface area contributed by atoms with Crippen LogP contribution in [0.25, 0.3) is 0 Å². The van der Waals surface area contributed by atoms with Crippen LogP contribution in [0.5, 0.6) is 0 Å². The summed E-state index contributed by atoms with van der Waals surface area (Å²) in [4.78, 5) is 23.4. The molecule has 2 heterocycles. The van der Waals surface area contributed by atoms with Crippen molar-refractivity contribution in [3.05, 3.63) is 18.4 Å². The Morgan fingerprint density at radius 2 is 2.40 bits per heavy atom. The van der Waals surface area contributed by atoms with Crippen LogP contribution in [0.3, 0.4) is 0 Å². The normalized spacial score (nSPS) is 21.7. The molecule has 1 N–H and O–H groups in total. The van der Waals surface area contributed by atoms with E-state index in [1.807, 2.05) is 0 Å². The molecule has 0 aromatic carbocycles. The fourth-order valence-corrected chi connectivity index (χ4v) is 1.36. The van der Waals surface area contributed by atoms with Crippen molar-refractivity contribution in [2.75, 3.05) is 18.1 Å². The van der Waals surface area contributed by atoms with Gasteiger partial charge in [0.1, 0.15) is 6.61 Å². The van der Waals surface area contributed by atoms with Gasteiger partial charge < -0.3 is 14.3 Å². The quantitative estimate of drug-likeness (QED) is 0.750. The topological polar surface area (TPSA) is 80.0 Å². The Kier molecular flexibility index (Phi) is 2.42. The number of hydrogen-bond donors (Lipinski definition) is 1. The number of carboxylic acids is 1. The molecule has 1 aromatic heterocycles. The molecule has 1 saturated heterocycles. The lowest BCUT2D eigenvalue weighted by atomic mass is 10.2. The predicted octanol–water partition coefficient (Wildman–Crippen LogP) is 0.0960. The number of morpholine rings is 1. The van der Waals surface area contributed by atoms with Gasteiger partial charge >= 0.3 is 5.97 Å². The first-order valence-corrected chi connectivity index (χ1v) is 4.37. The van der Waals surface area contributed by atoms with E-state index in [1.165, 1.54) is 11.2 Å². The first-order chi connectivity index (χ1) is 7.18. The number of aliphatic carboxylic acids is 1. The fourth-order valence-electron chi connectivity index (χ4n) is 1.36. The second-order valence-electron chi connectivity index (χ2n) is 3.09. The summed E-state index contributed by atoms with van der Waals surface area (Å²) in [6, 6.07) is 3.23. The van der Waals surface area contributed by atoms with Crippen molar-refractivity contribution in [1.29, 1.82) is 0 Å². The molecule has 15 heavy (non-hydrogen) atoms. The van der Waals surface area contributed by atoms with Gasteiger partial charge in [-0.1, -0.05) is 0 Å². The maximum Gasteiger partial charge on any atom is 0.334 e. The molecule has 1 amide bonds. The Balaban J connectivity index is 2.16. The lowest BCUT2D eigenvalue weighted by Crippen LogP contribution is -2.49. The number of carbonyl (C=O) groups is 2. The Morgan fingerprint density at radius 3 is 3.00 bits per heavy atom. The molecule has 1 aromatic rings. The zero-order valence-corrected chi connectivity index (χ0v) is 7.75. The van der Waals surface area contributed by atoms with Crippen LogP contribution in [0.1, 0.15) is 0 Å². The van der Waals surface area contributed by atoms with Gasteiger partial charge in [0.25, 0.3) is 5.91 Å². The molecule has 1 atom stereocenters. The van der Waals surface area contributed by atoms with Crippen molar-refractivity contribution >= 4 is 17.8 Å². The molecule has 6 nitrogen and oxygen atoms in total. The fraction of sp³-hybridized carbons (Fsp3) is 0.333. The Hall–Kier alpha value is -1.82. The molecule has 0 spiro atoms. The lowest BCUT2D eigenvalue weighted by molar-refractivity contribution is -0.154. The highest BCUT2D eigenvalue weighted by Gasteiger charge is 2.32. The number of rotatable bonds is 2. The smallest absolute Gasteiger partial charge is 0.334 e. The molecule has 2 rings (SSSR count). The van der Waals surface area contributed by atoms with Gasteiger partial charge in [-0.3, -0.25) is 9.69 Å². The first-order valence-electron chi connectivity index (χ1n) is 4.37. The zero-order chi connectivity index (χ0) is 10.8. The SMILES string of the molecule is O=C(O)C1CN(c2ccco2)C(=O)CO1. The van der Waals surface area contributed by atoms with Crippen molar-refractivity contribution in [2.24, 2.45) is 0 Å². The summed E-state index contributed by atoms with van der Waals surface area (Å²) in [5, 5.41) is 8.75. The predicted molar refractivity (Wildman–Crippen MR) is 48.4 cm³/mol. The van der Waals surface area contributed by atoms with E-state index in [4.69, 9.17) is 14.3 Å². The lowest BCUT2D eigenvalue weighted by Gasteiger charge is -2.28. The Morgan fingerprint density at radius 1 is 1.60 bits per heavy atom. The number of ether oxygens (including phenoxy) is 1. The van der Waals surface area contributed by atoms with Gasteiger partial charge in [0.2, 0.25) is 5.88 Å². The third-order valence-electron chi connectivity index (χ3n) is 2.11. The van der Waals surface area contributed by atoms with E-state index < -0.39 is 12.1 Å². The van der Waals surface area contributed by atoms with Gasteiger partial charge in [-0.25, -0.2) is 4.79 Å². The van der Waals surface area contributed by atoms with E-state index in [0.29, 0.717) is 5.88 Å². The number of anilines is 1. The van der Waals surface area contributed by atoms with Gasteiger partial charge in [-0.2, -0.15) is 0 Å². The van der Waals surface area contributed by atoms with Crippen LogP contribution in [-0.4, -0.2) is 36.2 Å². The minimum absolute atomic E-state index is 0.0261. The number of carboxylic acid groups (broad SMARTS) is 1. The zero-order valence-electron chi connectivity index (χ0n) is 7.75. The summed E-state index contributed by atoms with van der Waals surface area (Å²) >= 11 is 0. The maximum absolute atomic E-state index is 11.4. The van der Waals surface area contributed by atoms with Crippen LogP contribution in [0.2, 0.25) is 0 Å². The minimum Gasteiger partial charge on any atom is -0.479 e. The molecular weight excluding hydrogens is 202 g/mol. The van der Waals surface area contributed by atoms with E-state index in [9.17, 15) is 9.59 Å². The number of nitrogens with zero attached hydrogens (tertiary/aromatic N) is 1. The van der Waals surface area contributed by atoms with E-state index in [0.717, 1.165) is 0 Å². The van der Waals surface area contributed by atoms with E-state index in [1.54, 1.807) is 12.1 Å². The largest absolute Gasteiger partial charge is 0.479 e. The maximum atomic E-state index is 11.4. The molecule has 1 aliphatic rings. The van der Waals surface area contributed by atoms with Crippen molar-refractivity contribution in [2.45, 2.75) is 6.10 Å². The monoisotopic (exact) mass is 211 g/mol. The van der Waals surface area contributed by atoms with Gasteiger partial charge in [-0.05, 0) is 6.07 Å². The summed E-state index contributed by atoms with van der Waals surface area (Å²) in [6.07, 6.45) is 0.432. The average Bonchev–Trinajstić information content (AvgIpc) is 2.71. The number of furan rings is 1. The minimum atomic E-state index is -1.08. The van der Waals surface area contributed by atoms with Crippen molar-refractivity contribution in [1.82, 2.24) is 0 Å². The molecule has 1 unspecified atom stereocenters. The molecule has 0 aliphatic carbocycles. The van der Waals surface area contributed by atoms with Crippen molar-refractivity contribution in [3.63, 3.8) is 0 Å². The average molecular weight is 211 g/mol. The second-order valence-corrected chi connectivity index (χ2v) is 3.09. The molecule has 0 bridgehead atoms. The van der Waals surface area contributed by atoms with E-state index >= 15 is 0 Å².